The molecule has 0 heterocycles. The van der Waals surface area contributed by atoms with Gasteiger partial charge in [0.1, 0.15) is 0 Å². The number of halogens is 1. The molecule has 0 aromatic heterocycles. The van der Waals surface area contributed by atoms with Crippen LogP contribution in [0.3, 0.4) is 0 Å². The van der Waals surface area contributed by atoms with Crippen molar-refractivity contribution in [1.29, 1.82) is 0 Å². The van der Waals surface area contributed by atoms with Crippen LogP contribution in [-0.4, -0.2) is 20.0 Å². The topological polar surface area (TPSA) is 17.1 Å². The highest BCUT2D eigenvalue weighted by molar-refractivity contribution is 6.84. The molecule has 16 heavy (non-hydrogen) atoms. The molecule has 0 rings (SSSR count). The standard InChI is InChI=1S/C13H27FOSi/c1-8-10(14)12(15)11(9-2)16(6,7)13(3,4)5/h10-11H,8-9H2,1-7H3/t10-,11+/m0/s1. The Balaban J connectivity index is 5.07. The maximum Gasteiger partial charge on any atom is 0.167 e. The highest BCUT2D eigenvalue weighted by atomic mass is 28.3. The number of carbonyl (C=O) groups excluding carboxylic acids is 1. The largest absolute Gasteiger partial charge is 0.296 e. The summed E-state index contributed by atoms with van der Waals surface area (Å²) >= 11 is 0. The van der Waals surface area contributed by atoms with Crippen LogP contribution in [0.5, 0.6) is 0 Å². The van der Waals surface area contributed by atoms with Gasteiger partial charge in [-0.3, -0.25) is 4.79 Å². The van der Waals surface area contributed by atoms with Crippen molar-refractivity contribution in [2.24, 2.45) is 0 Å². The van der Waals surface area contributed by atoms with Gasteiger partial charge < -0.3 is 0 Å². The van der Waals surface area contributed by atoms with Gasteiger partial charge in [-0.15, -0.1) is 0 Å². The van der Waals surface area contributed by atoms with Crippen LogP contribution in [0.2, 0.25) is 23.7 Å². The summed E-state index contributed by atoms with van der Waals surface area (Å²) in [5, 5.41) is 0.136. The van der Waals surface area contributed by atoms with Crippen LogP contribution in [0.4, 0.5) is 4.39 Å². The lowest BCUT2D eigenvalue weighted by Crippen LogP contribution is -2.46. The van der Waals surface area contributed by atoms with E-state index in [1.807, 2.05) is 6.92 Å². The number of alkyl halides is 1. The number of Topliss-reactive ketones (excluding diaryl/α,β-unsaturated/α-hetero) is 1. The van der Waals surface area contributed by atoms with Crippen molar-refractivity contribution >= 4 is 13.9 Å². The molecule has 3 heteroatoms. The Bertz CT molecular complexity index is 243. The molecule has 1 nitrogen and oxygen atoms in total. The molecule has 0 radical (unpaired) electrons. The molecule has 0 aliphatic carbocycles. The summed E-state index contributed by atoms with van der Waals surface area (Å²) < 4.78 is 13.6. The van der Waals surface area contributed by atoms with Gasteiger partial charge in [-0.25, -0.2) is 4.39 Å². The maximum absolute atomic E-state index is 13.6. The molecule has 0 aromatic rings. The normalized spacial score (nSPS) is 17.0. The van der Waals surface area contributed by atoms with E-state index in [1.54, 1.807) is 6.92 Å². The molecule has 0 bridgehead atoms. The second kappa shape index (κ2) is 5.43. The lowest BCUT2D eigenvalue weighted by Gasteiger charge is -2.42. The number of rotatable bonds is 5. The summed E-state index contributed by atoms with van der Waals surface area (Å²) in [5.74, 6) is -0.156. The fourth-order valence-electron chi connectivity index (χ4n) is 2.01. The van der Waals surface area contributed by atoms with E-state index in [4.69, 9.17) is 0 Å². The van der Waals surface area contributed by atoms with Crippen LogP contribution >= 0.6 is 0 Å². The van der Waals surface area contributed by atoms with E-state index in [0.717, 1.165) is 6.42 Å². The lowest BCUT2D eigenvalue weighted by molar-refractivity contribution is -0.124. The summed E-state index contributed by atoms with van der Waals surface area (Å²) in [7, 11) is -1.77. The first kappa shape index (κ1) is 15.8. The second-order valence-electron chi connectivity index (χ2n) is 6.21. The lowest BCUT2D eigenvalue weighted by atomic mass is 10.1. The summed E-state index contributed by atoms with van der Waals surface area (Å²) in [4.78, 5) is 12.1. The van der Waals surface area contributed by atoms with Gasteiger partial charge in [-0.05, 0) is 17.9 Å². The Kier molecular flexibility index (Phi) is 5.37. The molecule has 0 N–H and O–H groups in total. The third-order valence-electron chi connectivity index (χ3n) is 4.22. The summed E-state index contributed by atoms with van der Waals surface area (Å²) in [6.07, 6.45) is -0.182. The molecule has 0 saturated carbocycles. The molecule has 0 spiro atoms. The third kappa shape index (κ3) is 3.16. The number of hydrogen-bond donors (Lipinski definition) is 0. The second-order valence-corrected chi connectivity index (χ2v) is 11.9. The first-order valence-corrected chi connectivity index (χ1v) is 9.35. The van der Waals surface area contributed by atoms with Crippen molar-refractivity contribution < 1.29 is 9.18 Å². The fraction of sp³-hybridized carbons (Fsp3) is 0.923. The Morgan fingerprint density at radius 3 is 1.88 bits per heavy atom. The molecule has 0 aromatic carbocycles. The molecular weight excluding hydrogens is 219 g/mol. The first-order chi connectivity index (χ1) is 7.09. The molecule has 0 amide bonds. The average Bonchev–Trinajstić information content (AvgIpc) is 2.15. The first-order valence-electron chi connectivity index (χ1n) is 6.27. The predicted molar refractivity (Wildman–Crippen MR) is 71.4 cm³/mol. The monoisotopic (exact) mass is 246 g/mol. The highest BCUT2D eigenvalue weighted by Gasteiger charge is 2.45. The minimum Gasteiger partial charge on any atom is -0.296 e. The van der Waals surface area contributed by atoms with E-state index in [2.05, 4.69) is 33.9 Å². The van der Waals surface area contributed by atoms with Crippen molar-refractivity contribution in [3.05, 3.63) is 0 Å². The zero-order valence-electron chi connectivity index (χ0n) is 11.9. The van der Waals surface area contributed by atoms with Gasteiger partial charge in [0.25, 0.3) is 0 Å². The van der Waals surface area contributed by atoms with Gasteiger partial charge in [0.05, 0.1) is 8.07 Å². The van der Waals surface area contributed by atoms with Crippen molar-refractivity contribution in [3.8, 4) is 0 Å². The van der Waals surface area contributed by atoms with E-state index in [9.17, 15) is 9.18 Å². The van der Waals surface area contributed by atoms with Crippen molar-refractivity contribution in [3.63, 3.8) is 0 Å². The van der Waals surface area contributed by atoms with Gasteiger partial charge in [0, 0.05) is 5.54 Å². The quantitative estimate of drug-likeness (QED) is 0.648. The number of hydrogen-bond acceptors (Lipinski definition) is 1. The zero-order valence-corrected chi connectivity index (χ0v) is 12.9. The van der Waals surface area contributed by atoms with Gasteiger partial charge in [0.2, 0.25) is 0 Å². The van der Waals surface area contributed by atoms with E-state index in [-0.39, 0.29) is 16.4 Å². The van der Waals surface area contributed by atoms with Crippen LogP contribution in [0, 0.1) is 0 Å². The third-order valence-corrected chi connectivity index (χ3v) is 10.5. The van der Waals surface area contributed by atoms with Crippen LogP contribution in [0.1, 0.15) is 47.5 Å². The Labute approximate surface area is 101 Å². The number of ketones is 1. The van der Waals surface area contributed by atoms with E-state index >= 15 is 0 Å². The van der Waals surface area contributed by atoms with Crippen LogP contribution in [0.15, 0.2) is 0 Å². The van der Waals surface area contributed by atoms with Gasteiger partial charge in [-0.2, -0.15) is 0 Å². The molecule has 0 fully saturated rings. The van der Waals surface area contributed by atoms with Gasteiger partial charge in [0.15, 0.2) is 12.0 Å². The van der Waals surface area contributed by atoms with E-state index in [0.29, 0.717) is 6.42 Å². The zero-order chi connectivity index (χ0) is 13.1. The van der Waals surface area contributed by atoms with Crippen LogP contribution in [-0.2, 0) is 4.79 Å². The minimum absolute atomic E-state index is 0.0533. The molecule has 0 aliphatic rings. The smallest absolute Gasteiger partial charge is 0.167 e. The Morgan fingerprint density at radius 2 is 1.62 bits per heavy atom. The van der Waals surface area contributed by atoms with Gasteiger partial charge >= 0.3 is 0 Å². The molecule has 0 aliphatic heterocycles. The molecular formula is C13H27FOSi. The average molecular weight is 246 g/mol. The maximum atomic E-state index is 13.6. The molecule has 96 valence electrons. The highest BCUT2D eigenvalue weighted by Crippen LogP contribution is 2.45. The molecule has 2 atom stereocenters. The van der Waals surface area contributed by atoms with Crippen molar-refractivity contribution in [1.82, 2.24) is 0 Å². The van der Waals surface area contributed by atoms with Gasteiger partial charge in [-0.1, -0.05) is 47.7 Å². The Morgan fingerprint density at radius 1 is 1.19 bits per heavy atom. The predicted octanol–water partition coefficient (Wildman–Crippen LogP) is 4.59. The summed E-state index contributed by atoms with van der Waals surface area (Å²) in [5.41, 5.74) is -0.0533. The Hall–Kier alpha value is -0.183. The van der Waals surface area contributed by atoms with Crippen LogP contribution in [0.25, 0.3) is 0 Å². The van der Waals surface area contributed by atoms with E-state index in [1.165, 1.54) is 0 Å². The summed E-state index contributed by atoms with van der Waals surface area (Å²) in [6, 6.07) is 0. The van der Waals surface area contributed by atoms with Crippen molar-refractivity contribution in [2.75, 3.05) is 0 Å². The van der Waals surface area contributed by atoms with Crippen molar-refractivity contribution in [2.45, 2.75) is 77.3 Å². The molecule has 0 unspecified atom stereocenters. The fourth-order valence-corrected chi connectivity index (χ4v) is 4.97. The molecule has 0 saturated heterocycles. The van der Waals surface area contributed by atoms with Crippen LogP contribution < -0.4 is 0 Å². The summed E-state index contributed by atoms with van der Waals surface area (Å²) in [6.45, 7) is 14.7. The van der Waals surface area contributed by atoms with E-state index < -0.39 is 14.2 Å². The SMILES string of the molecule is CC[C@H](C(=O)[C@@H](F)CC)[Si](C)(C)C(C)(C)C. The minimum atomic E-state index is -1.77. The number of carbonyl (C=O) groups is 1.